The van der Waals surface area contributed by atoms with Gasteiger partial charge in [-0.25, -0.2) is 0 Å². The number of hydrogen-bond donors (Lipinski definition) is 2. The standard InChI is InChI=1S/C36H48O12.8CH4/c1-17-21(23-9-22(17)28-25(23)13-45-32(28)40)7-20(30(38)46-26-5-3-4-6-44-26)8-24(27-18(2)29(37)47-33(27)41)31(39)48-36-12-19-10-34(42,15-36)14-35(43,11-19)16-36;;;;;;;;/h17-28,42-43H,3-16H2,1-2H3;8*1H4. The second-order valence-electron chi connectivity index (χ2n) is 17.0. The first-order valence-corrected chi connectivity index (χ1v) is 18.2. The Labute approximate surface area is 338 Å². The lowest BCUT2D eigenvalue weighted by molar-refractivity contribution is -0.263. The number of esters is 5. The minimum absolute atomic E-state index is 0. The Morgan fingerprint density at radius 1 is 0.804 bits per heavy atom. The smallest absolute Gasteiger partial charge is 0.318 e. The molecule has 0 radical (unpaired) electrons. The van der Waals surface area contributed by atoms with Crippen LogP contribution in [0, 0.1) is 65.1 Å². The van der Waals surface area contributed by atoms with Gasteiger partial charge in [-0.2, -0.15) is 0 Å². The Hall–Kier alpha value is -2.57. The molecule has 12 nitrogen and oxygen atoms in total. The molecule has 0 spiro atoms. The van der Waals surface area contributed by atoms with Gasteiger partial charge < -0.3 is 33.9 Å². The summed E-state index contributed by atoms with van der Waals surface area (Å²) in [4.78, 5) is 66.9. The van der Waals surface area contributed by atoms with Crippen LogP contribution in [0.3, 0.4) is 0 Å². The van der Waals surface area contributed by atoms with Gasteiger partial charge in [0, 0.05) is 31.6 Å². The Balaban J connectivity index is 0.00000378. The molecule has 3 saturated heterocycles. The maximum Gasteiger partial charge on any atom is 0.318 e. The van der Waals surface area contributed by atoms with Gasteiger partial charge in [0.1, 0.15) is 5.60 Å². The van der Waals surface area contributed by atoms with Crippen molar-refractivity contribution in [2.24, 2.45) is 65.1 Å². The quantitative estimate of drug-likeness (QED) is 0.131. The monoisotopic (exact) mass is 801 g/mol. The molecule has 328 valence electrons. The number of carbonyl (C=O) groups excluding carboxylic acids is 5. The number of hydrogen-bond acceptors (Lipinski definition) is 12. The summed E-state index contributed by atoms with van der Waals surface area (Å²) in [6, 6.07) is 0. The van der Waals surface area contributed by atoms with Crippen LogP contribution in [0.4, 0.5) is 0 Å². The SMILES string of the molecule is C.C.C.C.C.C.C.C.CC1C(=O)OC(=O)C1C(CC(CC1C(C)C2CC1C1COC(=O)C21)C(=O)OC1CCCCO1)C(=O)OC12CC3CC(O)(CC(O)(C3)C1)C2. The summed E-state index contributed by atoms with van der Waals surface area (Å²) in [6.07, 6.45) is 4.94. The third-order valence-corrected chi connectivity index (χ3v) is 13.8. The molecule has 2 N–H and O–H groups in total. The summed E-state index contributed by atoms with van der Waals surface area (Å²) in [5.74, 6) is -6.52. The van der Waals surface area contributed by atoms with Crippen molar-refractivity contribution in [1.29, 1.82) is 0 Å². The first-order valence-electron chi connectivity index (χ1n) is 18.2. The van der Waals surface area contributed by atoms with Crippen molar-refractivity contribution in [2.45, 2.75) is 173 Å². The number of aliphatic hydroxyl groups is 2. The molecular weight excluding hydrogens is 720 g/mol. The van der Waals surface area contributed by atoms with Crippen LogP contribution in [0.1, 0.15) is 150 Å². The Bertz CT molecular complexity index is 1370. The van der Waals surface area contributed by atoms with E-state index in [0.29, 0.717) is 45.3 Å². The summed E-state index contributed by atoms with van der Waals surface area (Å²) in [5.41, 5.74) is -3.40. The number of ether oxygens (including phenoxy) is 5. The number of cyclic esters (lactones) is 3. The molecule has 12 heteroatoms. The fourth-order valence-corrected chi connectivity index (χ4v) is 12.3. The molecule has 6 aliphatic carbocycles. The zero-order valence-corrected chi connectivity index (χ0v) is 27.8. The maximum atomic E-state index is 14.4. The number of rotatable bonds is 9. The van der Waals surface area contributed by atoms with Crippen molar-refractivity contribution >= 4 is 29.8 Å². The van der Waals surface area contributed by atoms with Gasteiger partial charge in [-0.1, -0.05) is 73.3 Å². The van der Waals surface area contributed by atoms with Gasteiger partial charge in [0.25, 0.3) is 0 Å². The topological polar surface area (TPSA) is 172 Å². The average molecular weight is 801 g/mol. The molecule has 0 aromatic rings. The van der Waals surface area contributed by atoms with E-state index in [-0.39, 0.29) is 132 Å². The minimum Gasteiger partial charge on any atom is -0.465 e. The molecule has 0 aromatic carbocycles. The second kappa shape index (κ2) is 19.0. The highest BCUT2D eigenvalue weighted by molar-refractivity contribution is 5.98. The van der Waals surface area contributed by atoms with Crippen LogP contribution >= 0.6 is 0 Å². The molecule has 3 heterocycles. The van der Waals surface area contributed by atoms with Crippen LogP contribution in [0.2, 0.25) is 0 Å². The van der Waals surface area contributed by atoms with Gasteiger partial charge >= 0.3 is 29.8 Å². The molecule has 9 aliphatic rings. The maximum absolute atomic E-state index is 14.4. The van der Waals surface area contributed by atoms with Crippen LogP contribution in [0.15, 0.2) is 0 Å². The van der Waals surface area contributed by atoms with Crippen molar-refractivity contribution in [1.82, 2.24) is 0 Å². The van der Waals surface area contributed by atoms with E-state index in [2.05, 4.69) is 6.92 Å². The predicted octanol–water partition coefficient (Wildman–Crippen LogP) is 7.93. The average Bonchev–Trinajstić information content (AvgIpc) is 3.71. The Morgan fingerprint density at radius 3 is 2.00 bits per heavy atom. The molecule has 56 heavy (non-hydrogen) atoms. The first-order chi connectivity index (χ1) is 22.8. The van der Waals surface area contributed by atoms with Gasteiger partial charge in [-0.15, -0.1) is 0 Å². The van der Waals surface area contributed by atoms with Crippen LogP contribution < -0.4 is 0 Å². The molecule has 13 unspecified atom stereocenters. The van der Waals surface area contributed by atoms with E-state index < -0.39 is 70.6 Å². The molecule has 9 rings (SSSR count). The van der Waals surface area contributed by atoms with Gasteiger partial charge in [-0.3, -0.25) is 24.0 Å². The van der Waals surface area contributed by atoms with Crippen LogP contribution in [-0.4, -0.2) is 76.4 Å². The van der Waals surface area contributed by atoms with E-state index in [1.807, 2.05) is 0 Å². The summed E-state index contributed by atoms with van der Waals surface area (Å²) in [5, 5.41) is 22.7. The molecule has 6 bridgehead atoms. The zero-order chi connectivity index (χ0) is 33.7. The van der Waals surface area contributed by atoms with E-state index in [4.69, 9.17) is 23.7 Å². The summed E-state index contributed by atoms with van der Waals surface area (Å²) < 4.78 is 28.4. The zero-order valence-electron chi connectivity index (χ0n) is 27.8. The van der Waals surface area contributed by atoms with E-state index >= 15 is 0 Å². The number of fused-ring (bicyclic) bond motifs is 5. The van der Waals surface area contributed by atoms with Gasteiger partial charge in [-0.05, 0) is 81.0 Å². The molecule has 3 aliphatic heterocycles. The van der Waals surface area contributed by atoms with Crippen molar-refractivity contribution in [2.75, 3.05) is 13.2 Å². The third-order valence-electron chi connectivity index (χ3n) is 13.8. The molecule has 9 fully saturated rings. The largest absolute Gasteiger partial charge is 0.465 e. The van der Waals surface area contributed by atoms with Crippen LogP contribution in [0.25, 0.3) is 0 Å². The van der Waals surface area contributed by atoms with Gasteiger partial charge in [0.05, 0.1) is 54.0 Å². The van der Waals surface area contributed by atoms with E-state index in [9.17, 15) is 34.2 Å². The fourth-order valence-electron chi connectivity index (χ4n) is 12.3. The molecular formula is C44H80O12. The molecule has 13 atom stereocenters. The lowest BCUT2D eigenvalue weighted by Crippen LogP contribution is -2.67. The Kier molecular flexibility index (Phi) is 18.1. The van der Waals surface area contributed by atoms with Crippen molar-refractivity contribution in [3.05, 3.63) is 0 Å². The van der Waals surface area contributed by atoms with Gasteiger partial charge in [0.2, 0.25) is 6.29 Å². The van der Waals surface area contributed by atoms with E-state index in [1.54, 1.807) is 6.92 Å². The third kappa shape index (κ3) is 9.02. The molecule has 0 amide bonds. The second-order valence-corrected chi connectivity index (χ2v) is 17.0. The summed E-state index contributed by atoms with van der Waals surface area (Å²) in [7, 11) is 0. The highest BCUT2D eigenvalue weighted by Crippen LogP contribution is 2.63. The van der Waals surface area contributed by atoms with E-state index in [1.165, 1.54) is 0 Å². The highest BCUT2D eigenvalue weighted by Gasteiger charge is 2.66. The first kappa shape index (κ1) is 53.4. The summed E-state index contributed by atoms with van der Waals surface area (Å²) >= 11 is 0. The fraction of sp³-hybridized carbons (Fsp3) is 0.886. The predicted molar refractivity (Wildman–Crippen MR) is 216 cm³/mol. The normalized spacial score (nSPS) is 41.3. The van der Waals surface area contributed by atoms with Crippen LogP contribution in [0.5, 0.6) is 0 Å². The van der Waals surface area contributed by atoms with Crippen molar-refractivity contribution in [3.63, 3.8) is 0 Å². The van der Waals surface area contributed by atoms with Crippen molar-refractivity contribution < 1.29 is 57.9 Å². The minimum atomic E-state index is -1.20. The Morgan fingerprint density at radius 2 is 1.45 bits per heavy atom. The summed E-state index contributed by atoms with van der Waals surface area (Å²) in [6.45, 7) is 4.52. The van der Waals surface area contributed by atoms with Crippen LogP contribution in [-0.2, 0) is 47.7 Å². The molecule has 0 aromatic heterocycles. The number of carbonyl (C=O) groups is 5. The lowest BCUT2D eigenvalue weighted by Gasteiger charge is -2.62. The lowest BCUT2D eigenvalue weighted by atomic mass is 9.50. The highest BCUT2D eigenvalue weighted by atomic mass is 16.7. The van der Waals surface area contributed by atoms with Crippen molar-refractivity contribution in [3.8, 4) is 0 Å². The molecule has 6 saturated carbocycles. The van der Waals surface area contributed by atoms with E-state index in [0.717, 1.165) is 19.3 Å². The van der Waals surface area contributed by atoms with Gasteiger partial charge in [0.15, 0.2) is 0 Å².